The van der Waals surface area contributed by atoms with Crippen molar-refractivity contribution in [2.24, 2.45) is 5.16 Å². The predicted octanol–water partition coefficient (Wildman–Crippen LogP) is 4.24. The first kappa shape index (κ1) is 18.5. The summed E-state index contributed by atoms with van der Waals surface area (Å²) in [6.07, 6.45) is -4.49. The minimum Gasteiger partial charge on any atom is -0.478 e. The number of oxime groups is 1. The lowest BCUT2D eigenvalue weighted by Gasteiger charge is -2.29. The molecule has 0 saturated heterocycles. The fourth-order valence-electron chi connectivity index (χ4n) is 2.60. The first-order chi connectivity index (χ1) is 12.0. The largest absolute Gasteiger partial charge is 0.478 e. The van der Waals surface area contributed by atoms with Gasteiger partial charge in [0.25, 0.3) is 5.60 Å². The van der Waals surface area contributed by atoms with Gasteiger partial charge >= 0.3 is 12.1 Å². The Hall–Kier alpha value is -2.26. The first-order valence-corrected chi connectivity index (χ1v) is 7.87. The smallest absolute Gasteiger partial charge is 0.435 e. The van der Waals surface area contributed by atoms with Crippen LogP contribution in [0.3, 0.4) is 0 Å². The Labute approximate surface area is 154 Å². The molecule has 138 valence electrons. The number of carbonyl (C=O) groups is 1. The van der Waals surface area contributed by atoms with Crippen LogP contribution in [-0.4, -0.2) is 32.9 Å². The van der Waals surface area contributed by atoms with Crippen LogP contribution in [0.2, 0.25) is 10.0 Å². The maximum Gasteiger partial charge on any atom is 0.435 e. The minimum atomic E-state index is -4.84. The molecule has 1 N–H and O–H groups in total. The van der Waals surface area contributed by atoms with Crippen LogP contribution >= 0.6 is 23.2 Å². The summed E-state index contributed by atoms with van der Waals surface area (Å²) in [5, 5.41) is 16.5. The molecule has 1 aliphatic heterocycles. The third-order valence-electron chi connectivity index (χ3n) is 3.89. The number of aromatic carboxylic acids is 1. The number of rotatable bonds is 2. The molecule has 0 saturated carbocycles. The molecule has 1 aromatic carbocycles. The summed E-state index contributed by atoms with van der Waals surface area (Å²) in [6, 6.07) is 3.48. The average Bonchev–Trinajstić information content (AvgIpc) is 3.10. The molecule has 1 atom stereocenters. The van der Waals surface area contributed by atoms with Crippen molar-refractivity contribution in [3.8, 4) is 0 Å². The molecule has 3 rings (SSSR count). The standard InChI is InChI=1S/C15H10Cl2F3N3O3/c1-7-11(13(24)25)6-23(21-7)12-5-14(26-22-12,15(18,19)20)8-2-9(16)4-10(17)3-8/h2-4,6H,5H2,1H3,(H,24,25). The molecule has 11 heteroatoms. The van der Waals surface area contributed by atoms with Gasteiger partial charge in [-0.1, -0.05) is 28.4 Å². The summed E-state index contributed by atoms with van der Waals surface area (Å²) < 4.78 is 42.5. The van der Waals surface area contributed by atoms with E-state index >= 15 is 0 Å². The second kappa shape index (κ2) is 6.17. The number of aryl methyl sites for hydroxylation is 1. The van der Waals surface area contributed by atoms with E-state index in [1.165, 1.54) is 13.0 Å². The number of carboxylic acids is 1. The number of nitrogens with zero attached hydrogens (tertiary/aromatic N) is 3. The van der Waals surface area contributed by atoms with Crippen LogP contribution in [0, 0.1) is 6.92 Å². The van der Waals surface area contributed by atoms with Crippen LogP contribution in [0.4, 0.5) is 13.2 Å². The predicted molar refractivity (Wildman–Crippen MR) is 86.7 cm³/mol. The maximum atomic E-state index is 13.9. The van der Waals surface area contributed by atoms with E-state index < -0.39 is 24.2 Å². The van der Waals surface area contributed by atoms with E-state index in [2.05, 4.69) is 10.3 Å². The van der Waals surface area contributed by atoms with Crippen molar-refractivity contribution in [2.75, 3.05) is 0 Å². The molecule has 0 bridgehead atoms. The first-order valence-electron chi connectivity index (χ1n) is 7.12. The Morgan fingerprint density at radius 2 is 1.92 bits per heavy atom. The molecule has 0 amide bonds. The summed E-state index contributed by atoms with van der Waals surface area (Å²) in [6.45, 7) is 1.42. The maximum absolute atomic E-state index is 13.9. The molecule has 6 nitrogen and oxygen atoms in total. The molecule has 1 unspecified atom stereocenters. The van der Waals surface area contributed by atoms with Gasteiger partial charge in [0.2, 0.25) is 0 Å². The highest BCUT2D eigenvalue weighted by atomic mass is 35.5. The summed E-state index contributed by atoms with van der Waals surface area (Å²) >= 11 is 11.7. The van der Waals surface area contributed by atoms with Gasteiger partial charge in [-0.05, 0) is 25.1 Å². The Bertz CT molecular complexity index is 906. The number of hydrogen-bond donors (Lipinski definition) is 1. The summed E-state index contributed by atoms with van der Waals surface area (Å²) in [5.74, 6) is -1.45. The Kier molecular flexibility index (Phi) is 4.40. The molecule has 1 aromatic heterocycles. The van der Waals surface area contributed by atoms with E-state index in [9.17, 15) is 18.0 Å². The van der Waals surface area contributed by atoms with Crippen LogP contribution in [0.25, 0.3) is 0 Å². The van der Waals surface area contributed by atoms with Crippen LogP contribution in [0.5, 0.6) is 0 Å². The van der Waals surface area contributed by atoms with Crippen molar-refractivity contribution in [3.05, 3.63) is 51.3 Å². The number of carboxylic acid groups (broad SMARTS) is 1. The van der Waals surface area contributed by atoms with Crippen molar-refractivity contribution in [2.45, 2.75) is 25.1 Å². The number of halogens is 5. The van der Waals surface area contributed by atoms with Crippen LogP contribution in [-0.2, 0) is 10.4 Å². The van der Waals surface area contributed by atoms with Crippen LogP contribution in [0.1, 0.15) is 28.0 Å². The molecular weight excluding hydrogens is 398 g/mol. The molecule has 1 aliphatic rings. The normalized spacial score (nSPS) is 20.0. The van der Waals surface area contributed by atoms with Crippen molar-refractivity contribution in [1.82, 2.24) is 9.78 Å². The monoisotopic (exact) mass is 407 g/mol. The zero-order chi connectivity index (χ0) is 19.3. The second-order valence-corrected chi connectivity index (χ2v) is 6.51. The average molecular weight is 408 g/mol. The summed E-state index contributed by atoms with van der Waals surface area (Å²) in [5.41, 5.74) is -3.14. The Balaban J connectivity index is 2.04. The molecule has 26 heavy (non-hydrogen) atoms. The van der Waals surface area contributed by atoms with Gasteiger partial charge in [-0.25, -0.2) is 9.48 Å². The molecule has 2 aromatic rings. The van der Waals surface area contributed by atoms with Crippen LogP contribution < -0.4 is 0 Å². The topological polar surface area (TPSA) is 76.7 Å². The van der Waals surface area contributed by atoms with Gasteiger partial charge in [0, 0.05) is 21.8 Å². The van der Waals surface area contributed by atoms with Crippen LogP contribution in [0.15, 0.2) is 29.6 Å². The quantitative estimate of drug-likeness (QED) is 0.807. The summed E-state index contributed by atoms with van der Waals surface area (Å²) in [4.78, 5) is 15.9. The van der Waals surface area contributed by atoms with Gasteiger partial charge < -0.3 is 9.94 Å². The fraction of sp³-hybridized carbons (Fsp3) is 0.267. The molecule has 0 fully saturated rings. The molecular formula is C15H10Cl2F3N3O3. The lowest BCUT2D eigenvalue weighted by Crippen LogP contribution is -2.43. The van der Waals surface area contributed by atoms with Gasteiger partial charge in [0.1, 0.15) is 5.56 Å². The zero-order valence-corrected chi connectivity index (χ0v) is 14.5. The van der Waals surface area contributed by atoms with Crippen molar-refractivity contribution in [3.63, 3.8) is 0 Å². The van der Waals surface area contributed by atoms with E-state index in [0.717, 1.165) is 23.0 Å². The number of hydrogen-bond acceptors (Lipinski definition) is 4. The van der Waals surface area contributed by atoms with Gasteiger partial charge in [0.05, 0.1) is 12.1 Å². The highest BCUT2D eigenvalue weighted by molar-refractivity contribution is 6.34. The fourth-order valence-corrected chi connectivity index (χ4v) is 3.13. The van der Waals surface area contributed by atoms with E-state index in [4.69, 9.17) is 33.1 Å². The van der Waals surface area contributed by atoms with E-state index in [0.29, 0.717) is 0 Å². The highest BCUT2D eigenvalue weighted by Gasteiger charge is 2.62. The third kappa shape index (κ3) is 3.01. The molecule has 0 aliphatic carbocycles. The SMILES string of the molecule is Cc1nn(C2=NOC(c3cc(Cl)cc(Cl)c3)(C(F)(F)F)C2)cc1C(=O)O. The Morgan fingerprint density at radius 3 is 2.42 bits per heavy atom. The minimum absolute atomic E-state index is 0.0104. The van der Waals surface area contributed by atoms with Gasteiger partial charge in [-0.3, -0.25) is 0 Å². The number of alkyl halides is 3. The summed E-state index contributed by atoms with van der Waals surface area (Å²) in [7, 11) is 0. The van der Waals surface area contributed by atoms with E-state index in [1.54, 1.807) is 0 Å². The highest BCUT2D eigenvalue weighted by Crippen LogP contribution is 2.49. The zero-order valence-electron chi connectivity index (χ0n) is 13.0. The molecule has 0 spiro atoms. The Morgan fingerprint density at radius 1 is 1.31 bits per heavy atom. The van der Waals surface area contributed by atoms with Gasteiger partial charge in [0.15, 0.2) is 5.84 Å². The number of benzene rings is 1. The third-order valence-corrected chi connectivity index (χ3v) is 4.33. The van der Waals surface area contributed by atoms with E-state index in [-0.39, 0.29) is 32.7 Å². The molecule has 0 radical (unpaired) electrons. The lowest BCUT2D eigenvalue weighted by molar-refractivity contribution is -0.275. The van der Waals surface area contributed by atoms with Gasteiger partial charge in [-0.2, -0.15) is 18.3 Å². The lowest BCUT2D eigenvalue weighted by atomic mass is 9.89. The number of aromatic nitrogens is 2. The van der Waals surface area contributed by atoms with E-state index in [1.807, 2.05) is 0 Å². The van der Waals surface area contributed by atoms with Gasteiger partial charge in [-0.15, -0.1) is 0 Å². The van der Waals surface area contributed by atoms with Crippen molar-refractivity contribution < 1.29 is 27.9 Å². The van der Waals surface area contributed by atoms with Crippen molar-refractivity contribution in [1.29, 1.82) is 0 Å². The molecule has 2 heterocycles. The van der Waals surface area contributed by atoms with Crippen molar-refractivity contribution >= 4 is 35.0 Å². The second-order valence-electron chi connectivity index (χ2n) is 5.64.